The number of hydrogen-bond acceptors (Lipinski definition) is 10. The van der Waals surface area contributed by atoms with Crippen LogP contribution in [-0.2, 0) is 24.4 Å². The zero-order valence-electron chi connectivity index (χ0n) is 30.3. The molecule has 1 aromatic heterocycles. The van der Waals surface area contributed by atoms with Gasteiger partial charge in [0, 0.05) is 17.7 Å². The number of aromatic nitrogens is 1. The summed E-state index contributed by atoms with van der Waals surface area (Å²) in [7, 11) is -1.28. The maximum atomic E-state index is 14.9. The first-order chi connectivity index (χ1) is 25.0. The number of methoxy groups -OCH3 is 2. The molecule has 0 bridgehead atoms. The highest BCUT2D eigenvalue weighted by atomic mass is 32.2. The highest BCUT2D eigenvalue weighted by Crippen LogP contribution is 2.48. The van der Waals surface area contributed by atoms with E-state index in [-0.39, 0.29) is 42.3 Å². The number of fused-ring (bicyclic) bond motifs is 3. The molecule has 15 nitrogen and oxygen atoms in total. The van der Waals surface area contributed by atoms with Crippen LogP contribution in [0.3, 0.4) is 0 Å². The number of sulfonamides is 1. The van der Waals surface area contributed by atoms with Crippen molar-refractivity contribution in [2.75, 3.05) is 20.8 Å². The van der Waals surface area contributed by atoms with E-state index in [2.05, 4.69) is 20.3 Å². The monoisotopic (exact) mass is 759 g/mol. The molecule has 4 aliphatic rings. The number of rotatable bonds is 8. The molecular weight excluding hydrogens is 713 g/mol. The summed E-state index contributed by atoms with van der Waals surface area (Å²) in [6.07, 6.45) is 5.46. The number of carbonyl (C=O) groups excluding carboxylic acids is 3. The Morgan fingerprint density at radius 3 is 2.47 bits per heavy atom. The zero-order chi connectivity index (χ0) is 38.5. The van der Waals surface area contributed by atoms with Gasteiger partial charge in [-0.15, -0.1) is 0 Å². The van der Waals surface area contributed by atoms with Gasteiger partial charge in [-0.2, -0.15) is 0 Å². The molecule has 2 aliphatic carbocycles. The lowest BCUT2D eigenvalue weighted by molar-refractivity contribution is -0.142. The highest BCUT2D eigenvalue weighted by molar-refractivity contribution is 7.91. The number of carbonyl (C=O) groups is 4. The molecule has 0 spiro atoms. The average Bonchev–Trinajstić information content (AvgIpc) is 3.98. The van der Waals surface area contributed by atoms with Gasteiger partial charge in [-0.05, 0) is 69.4 Å². The molecule has 3 heterocycles. The Kier molecular flexibility index (Phi) is 10.3. The summed E-state index contributed by atoms with van der Waals surface area (Å²) in [5.41, 5.74) is -1.60. The molecule has 53 heavy (non-hydrogen) atoms. The standard InChI is InChI=1S/C36H46FN5O10S/c1-19-8-6-7-9-21-16-36(21,33(45)41-53(48,49)35(3)10-11-35)40-30(43)26-13-22(18-42(26)32(44)29(20(2)12-19)39-34(46)47)52-31-24-14-25(37)27(50-4)15-23(24)28(51-5)17-38-31/h7,9,14-15,17,19-22,26,29,39H,6,8,10-13,16,18H2,1-5H3,(H,40,43)(H,41,45)(H,46,47)/b9-7-/t19-,20-,21-,22-,26+,29+,36-/m1/s1. The maximum absolute atomic E-state index is 14.9. The van der Waals surface area contributed by atoms with E-state index in [9.17, 15) is 37.1 Å². The Labute approximate surface area is 307 Å². The Hall–Kier alpha value is -4.67. The Bertz CT molecular complexity index is 1960. The minimum absolute atomic E-state index is 0.00706. The third-order valence-corrected chi connectivity index (χ3v) is 13.3. The molecule has 0 unspecified atom stereocenters. The number of ether oxygens (including phenoxy) is 3. The minimum atomic E-state index is -4.04. The number of allylic oxidation sites excluding steroid dienone is 1. The number of amides is 4. The number of halogens is 1. The second-order valence-corrected chi connectivity index (χ2v) is 17.2. The van der Waals surface area contributed by atoms with Crippen molar-refractivity contribution in [2.24, 2.45) is 17.8 Å². The predicted octanol–water partition coefficient (Wildman–Crippen LogP) is 3.26. The van der Waals surface area contributed by atoms with Crippen LogP contribution in [0.5, 0.6) is 17.4 Å². The van der Waals surface area contributed by atoms with Gasteiger partial charge in [0.15, 0.2) is 11.6 Å². The first-order valence-electron chi connectivity index (χ1n) is 17.7. The fraction of sp³-hybridized carbons (Fsp3) is 0.583. The van der Waals surface area contributed by atoms with Crippen molar-refractivity contribution >= 4 is 44.6 Å². The molecule has 2 aromatic rings. The van der Waals surface area contributed by atoms with Gasteiger partial charge in [-0.1, -0.05) is 26.0 Å². The minimum Gasteiger partial charge on any atom is -0.494 e. The Morgan fingerprint density at radius 1 is 1.09 bits per heavy atom. The largest absolute Gasteiger partial charge is 0.494 e. The number of pyridine rings is 1. The molecule has 7 atom stereocenters. The molecule has 3 fully saturated rings. The molecule has 17 heteroatoms. The van der Waals surface area contributed by atoms with Crippen LogP contribution in [0.25, 0.3) is 10.8 Å². The molecule has 0 radical (unpaired) electrons. The summed E-state index contributed by atoms with van der Waals surface area (Å²) in [4.78, 5) is 60.1. The summed E-state index contributed by atoms with van der Waals surface area (Å²) < 4.78 is 59.1. The highest BCUT2D eigenvalue weighted by Gasteiger charge is 2.63. The van der Waals surface area contributed by atoms with Crippen LogP contribution >= 0.6 is 0 Å². The van der Waals surface area contributed by atoms with Gasteiger partial charge in [0.05, 0.1) is 37.1 Å². The number of benzene rings is 1. The second-order valence-electron chi connectivity index (χ2n) is 15.1. The van der Waals surface area contributed by atoms with Crippen LogP contribution in [0.1, 0.15) is 65.7 Å². The lowest BCUT2D eigenvalue weighted by Crippen LogP contribution is -2.59. The molecule has 1 saturated heterocycles. The van der Waals surface area contributed by atoms with E-state index < -0.39 is 80.0 Å². The number of nitrogens with one attached hydrogen (secondary N) is 3. The van der Waals surface area contributed by atoms with E-state index in [0.717, 1.165) is 0 Å². The maximum Gasteiger partial charge on any atom is 0.405 e. The van der Waals surface area contributed by atoms with Gasteiger partial charge in [-0.3, -0.25) is 19.1 Å². The van der Waals surface area contributed by atoms with Crippen molar-refractivity contribution in [2.45, 2.75) is 94.2 Å². The van der Waals surface area contributed by atoms with Crippen molar-refractivity contribution < 1.29 is 51.3 Å². The second kappa shape index (κ2) is 14.3. The summed E-state index contributed by atoms with van der Waals surface area (Å²) in [6, 6.07) is 0.142. The molecule has 2 saturated carbocycles. The molecule has 1 aromatic carbocycles. The molecule has 2 aliphatic heterocycles. The summed E-state index contributed by atoms with van der Waals surface area (Å²) in [5.74, 6) is -3.55. The SMILES string of the molecule is COc1cc2c(OC)cnc(O[C@@H]3C[C@H]4C(=O)N[C@]5(C(=O)NS(=O)(=O)C6(C)CC6)C[C@H]5/C=C\CC[C@@H](C)C[C@@H](C)[C@H](NC(=O)O)C(=O)N4C3)c2cc1F. The Morgan fingerprint density at radius 2 is 1.81 bits per heavy atom. The van der Waals surface area contributed by atoms with Crippen molar-refractivity contribution in [3.8, 4) is 17.4 Å². The van der Waals surface area contributed by atoms with Crippen LogP contribution in [-0.4, -0.2) is 96.5 Å². The van der Waals surface area contributed by atoms with Crippen molar-refractivity contribution in [1.29, 1.82) is 0 Å². The van der Waals surface area contributed by atoms with Crippen LogP contribution in [0.4, 0.5) is 9.18 Å². The lowest BCUT2D eigenvalue weighted by Gasteiger charge is -2.32. The van der Waals surface area contributed by atoms with Crippen LogP contribution < -0.4 is 29.6 Å². The van der Waals surface area contributed by atoms with Crippen LogP contribution in [0.15, 0.2) is 30.5 Å². The van der Waals surface area contributed by atoms with Gasteiger partial charge >= 0.3 is 6.09 Å². The molecular formula is C36H46FN5O10S. The van der Waals surface area contributed by atoms with Crippen molar-refractivity contribution in [1.82, 2.24) is 25.2 Å². The van der Waals surface area contributed by atoms with E-state index in [1.165, 1.54) is 37.4 Å². The zero-order valence-corrected chi connectivity index (χ0v) is 31.1. The average molecular weight is 760 g/mol. The van der Waals surface area contributed by atoms with Gasteiger partial charge in [0.1, 0.15) is 29.5 Å². The van der Waals surface area contributed by atoms with E-state index >= 15 is 0 Å². The Balaban J connectivity index is 1.36. The molecule has 4 N–H and O–H groups in total. The quantitative estimate of drug-likeness (QED) is 0.288. The summed E-state index contributed by atoms with van der Waals surface area (Å²) in [6.45, 7) is 5.14. The van der Waals surface area contributed by atoms with E-state index in [1.54, 1.807) is 13.8 Å². The molecule has 288 valence electrons. The van der Waals surface area contributed by atoms with Crippen molar-refractivity contribution in [3.63, 3.8) is 0 Å². The fourth-order valence-corrected chi connectivity index (χ4v) is 8.80. The number of carboxylic acid groups (broad SMARTS) is 1. The third kappa shape index (κ3) is 7.44. The van der Waals surface area contributed by atoms with Crippen LogP contribution in [0, 0.1) is 23.6 Å². The fourth-order valence-electron chi connectivity index (χ4n) is 7.49. The molecule has 6 rings (SSSR count). The number of nitrogens with zero attached hydrogens (tertiary/aromatic N) is 2. The first-order valence-corrected chi connectivity index (χ1v) is 19.2. The number of hydrogen-bond donors (Lipinski definition) is 4. The normalized spacial score (nSPS) is 30.4. The predicted molar refractivity (Wildman–Crippen MR) is 189 cm³/mol. The summed E-state index contributed by atoms with van der Waals surface area (Å²) >= 11 is 0. The van der Waals surface area contributed by atoms with Gasteiger partial charge in [0.25, 0.3) is 5.91 Å². The van der Waals surface area contributed by atoms with Gasteiger partial charge < -0.3 is 34.9 Å². The topological polar surface area (TPSA) is 203 Å². The van der Waals surface area contributed by atoms with E-state index in [4.69, 9.17) is 14.2 Å². The van der Waals surface area contributed by atoms with E-state index in [0.29, 0.717) is 43.2 Å². The van der Waals surface area contributed by atoms with Crippen molar-refractivity contribution in [3.05, 3.63) is 36.3 Å². The third-order valence-electron chi connectivity index (χ3n) is 11.1. The van der Waals surface area contributed by atoms with Crippen LogP contribution in [0.2, 0.25) is 0 Å². The van der Waals surface area contributed by atoms with Gasteiger partial charge in [-0.25, -0.2) is 22.6 Å². The van der Waals surface area contributed by atoms with Gasteiger partial charge in [0.2, 0.25) is 27.7 Å². The van der Waals surface area contributed by atoms with E-state index in [1.807, 2.05) is 19.1 Å². The summed E-state index contributed by atoms with van der Waals surface area (Å²) in [5, 5.41) is 15.6. The first kappa shape index (κ1) is 38.1. The smallest absolute Gasteiger partial charge is 0.405 e. The lowest BCUT2D eigenvalue weighted by atomic mass is 9.88. The molecule has 4 amide bonds.